The van der Waals surface area contributed by atoms with Gasteiger partial charge >= 0.3 is 0 Å². The zero-order chi connectivity index (χ0) is 10.7. The van der Waals surface area contributed by atoms with Gasteiger partial charge in [0.05, 0.1) is 12.6 Å². The van der Waals surface area contributed by atoms with Crippen molar-refractivity contribution in [2.75, 3.05) is 18.6 Å². The quantitative estimate of drug-likeness (QED) is 0.802. The van der Waals surface area contributed by atoms with Crippen LogP contribution in [0.15, 0.2) is 16.5 Å². The highest BCUT2D eigenvalue weighted by Crippen LogP contribution is 2.21. The number of furan rings is 1. The van der Waals surface area contributed by atoms with Gasteiger partial charge < -0.3 is 14.4 Å². The second-order valence-electron chi connectivity index (χ2n) is 3.99. The highest BCUT2D eigenvalue weighted by Gasteiger charge is 2.19. The number of aliphatic hydroxyl groups excluding tert-OH is 1. The van der Waals surface area contributed by atoms with Crippen LogP contribution < -0.4 is 4.90 Å². The van der Waals surface area contributed by atoms with Crippen molar-refractivity contribution in [3.8, 4) is 0 Å². The molecule has 0 aliphatic rings. The first-order chi connectivity index (χ1) is 6.56. The molecule has 3 heteroatoms. The lowest BCUT2D eigenvalue weighted by Gasteiger charge is -2.29. The molecule has 0 radical (unpaired) electrons. The van der Waals surface area contributed by atoms with E-state index < -0.39 is 0 Å². The average Bonchev–Trinajstić information content (AvgIpc) is 2.52. The van der Waals surface area contributed by atoms with Crippen LogP contribution in [0.2, 0.25) is 0 Å². The van der Waals surface area contributed by atoms with E-state index in [9.17, 15) is 5.11 Å². The number of hydrogen-bond donors (Lipinski definition) is 1. The molecule has 1 unspecified atom stereocenters. The van der Waals surface area contributed by atoms with Crippen molar-refractivity contribution in [3.63, 3.8) is 0 Å². The molecule has 1 aromatic heterocycles. The second-order valence-corrected chi connectivity index (χ2v) is 3.99. The second kappa shape index (κ2) is 4.51. The monoisotopic (exact) mass is 197 g/mol. The van der Waals surface area contributed by atoms with Gasteiger partial charge in [0.2, 0.25) is 0 Å². The van der Waals surface area contributed by atoms with Crippen LogP contribution in [0.1, 0.15) is 19.6 Å². The molecule has 0 bridgehead atoms. The van der Waals surface area contributed by atoms with Crippen LogP contribution >= 0.6 is 0 Å². The van der Waals surface area contributed by atoms with Gasteiger partial charge in [-0.25, -0.2) is 0 Å². The Balaban J connectivity index is 2.77. The summed E-state index contributed by atoms with van der Waals surface area (Å²) in [6, 6.07) is 3.97. The summed E-state index contributed by atoms with van der Waals surface area (Å²) in [6.07, 6.45) is 0. The van der Waals surface area contributed by atoms with Crippen LogP contribution in [0.4, 0.5) is 5.88 Å². The van der Waals surface area contributed by atoms with E-state index in [1.54, 1.807) is 0 Å². The molecule has 1 heterocycles. The van der Waals surface area contributed by atoms with E-state index in [1.165, 1.54) is 0 Å². The van der Waals surface area contributed by atoms with Crippen LogP contribution in [0.5, 0.6) is 0 Å². The minimum absolute atomic E-state index is 0.112. The van der Waals surface area contributed by atoms with Crippen molar-refractivity contribution in [1.29, 1.82) is 0 Å². The molecule has 0 aliphatic carbocycles. The van der Waals surface area contributed by atoms with Crippen molar-refractivity contribution in [2.45, 2.75) is 26.8 Å². The molecule has 1 N–H and O–H groups in total. The normalized spacial score (nSPS) is 13.3. The molecule has 1 rings (SSSR count). The van der Waals surface area contributed by atoms with E-state index in [4.69, 9.17) is 4.42 Å². The first-order valence-corrected chi connectivity index (χ1v) is 4.96. The Bertz CT molecular complexity index is 281. The summed E-state index contributed by atoms with van der Waals surface area (Å²) >= 11 is 0. The molecule has 0 aromatic carbocycles. The Labute approximate surface area is 85.3 Å². The molecule has 3 nitrogen and oxygen atoms in total. The fraction of sp³-hybridized carbons (Fsp3) is 0.636. The number of hydrogen-bond acceptors (Lipinski definition) is 3. The van der Waals surface area contributed by atoms with Crippen LogP contribution in [0.25, 0.3) is 0 Å². The molecule has 80 valence electrons. The summed E-state index contributed by atoms with van der Waals surface area (Å²) in [4.78, 5) is 1.98. The van der Waals surface area contributed by atoms with Crippen LogP contribution in [-0.2, 0) is 0 Å². The summed E-state index contributed by atoms with van der Waals surface area (Å²) in [5, 5.41) is 9.25. The number of rotatable bonds is 4. The van der Waals surface area contributed by atoms with Gasteiger partial charge in [-0.1, -0.05) is 13.8 Å². The van der Waals surface area contributed by atoms with Crippen molar-refractivity contribution < 1.29 is 9.52 Å². The molecule has 0 aliphatic heterocycles. The molecule has 14 heavy (non-hydrogen) atoms. The molecule has 0 amide bonds. The van der Waals surface area contributed by atoms with E-state index in [2.05, 4.69) is 13.8 Å². The fourth-order valence-electron chi connectivity index (χ4n) is 1.56. The predicted octanol–water partition coefficient (Wildman–Crippen LogP) is 2.04. The van der Waals surface area contributed by atoms with E-state index in [0.717, 1.165) is 11.6 Å². The first-order valence-electron chi connectivity index (χ1n) is 4.96. The molecular formula is C11H19NO2. The zero-order valence-electron chi connectivity index (χ0n) is 9.32. The van der Waals surface area contributed by atoms with Gasteiger partial charge in [0.1, 0.15) is 5.76 Å². The minimum atomic E-state index is 0.112. The predicted molar refractivity (Wildman–Crippen MR) is 57.6 cm³/mol. The average molecular weight is 197 g/mol. The van der Waals surface area contributed by atoms with Crippen molar-refractivity contribution in [3.05, 3.63) is 17.9 Å². The Morgan fingerprint density at radius 2 is 2.07 bits per heavy atom. The number of aliphatic hydroxyl groups is 1. The van der Waals surface area contributed by atoms with Crippen LogP contribution in [0.3, 0.4) is 0 Å². The third-order valence-electron chi connectivity index (χ3n) is 2.53. The van der Waals surface area contributed by atoms with Crippen molar-refractivity contribution in [1.82, 2.24) is 0 Å². The van der Waals surface area contributed by atoms with E-state index in [1.807, 2.05) is 31.0 Å². The fourth-order valence-corrected chi connectivity index (χ4v) is 1.56. The maximum atomic E-state index is 9.25. The van der Waals surface area contributed by atoms with Gasteiger partial charge in [-0.2, -0.15) is 0 Å². The molecular weight excluding hydrogens is 178 g/mol. The molecule has 1 aromatic rings. The number of nitrogens with zero attached hydrogens (tertiary/aromatic N) is 1. The Hall–Kier alpha value is -0.960. The maximum Gasteiger partial charge on any atom is 0.195 e. The summed E-state index contributed by atoms with van der Waals surface area (Å²) in [5.74, 6) is 2.11. The van der Waals surface area contributed by atoms with E-state index in [-0.39, 0.29) is 12.6 Å². The standard InChI is InChI=1S/C11H19NO2/c1-8(2)10(7-13)12(4)11-6-5-9(3)14-11/h5-6,8,10,13H,7H2,1-4H3. The Morgan fingerprint density at radius 1 is 1.43 bits per heavy atom. The zero-order valence-corrected chi connectivity index (χ0v) is 9.32. The maximum absolute atomic E-state index is 9.25. The topological polar surface area (TPSA) is 36.6 Å². The molecule has 0 saturated heterocycles. The lowest BCUT2D eigenvalue weighted by molar-refractivity contribution is 0.230. The lowest BCUT2D eigenvalue weighted by Crippen LogP contribution is -2.38. The molecule has 0 fully saturated rings. The third-order valence-corrected chi connectivity index (χ3v) is 2.53. The van der Waals surface area contributed by atoms with Gasteiger partial charge in [0.15, 0.2) is 5.88 Å². The minimum Gasteiger partial charge on any atom is -0.446 e. The smallest absolute Gasteiger partial charge is 0.195 e. The summed E-state index contributed by atoms with van der Waals surface area (Å²) in [7, 11) is 1.94. The van der Waals surface area contributed by atoms with Gasteiger partial charge in [0.25, 0.3) is 0 Å². The Morgan fingerprint density at radius 3 is 2.43 bits per heavy atom. The summed E-state index contributed by atoms with van der Waals surface area (Å²) < 4.78 is 5.49. The van der Waals surface area contributed by atoms with E-state index >= 15 is 0 Å². The van der Waals surface area contributed by atoms with Gasteiger partial charge in [0, 0.05) is 13.1 Å². The van der Waals surface area contributed by atoms with Crippen molar-refractivity contribution in [2.24, 2.45) is 5.92 Å². The SMILES string of the molecule is Cc1ccc(N(C)C(CO)C(C)C)o1. The van der Waals surface area contributed by atoms with E-state index in [0.29, 0.717) is 5.92 Å². The number of aryl methyl sites for hydroxylation is 1. The van der Waals surface area contributed by atoms with Gasteiger partial charge in [-0.3, -0.25) is 0 Å². The highest BCUT2D eigenvalue weighted by molar-refractivity contribution is 5.36. The van der Waals surface area contributed by atoms with Crippen LogP contribution in [-0.4, -0.2) is 24.8 Å². The number of anilines is 1. The molecule has 1 atom stereocenters. The largest absolute Gasteiger partial charge is 0.446 e. The number of likely N-dealkylation sites (N-methyl/N-ethyl adjacent to an activating group) is 1. The van der Waals surface area contributed by atoms with Gasteiger partial charge in [-0.05, 0) is 18.9 Å². The molecule has 0 spiro atoms. The summed E-state index contributed by atoms with van der Waals surface area (Å²) in [5.41, 5.74) is 0. The first kappa shape index (κ1) is 11.1. The Kier molecular flexibility index (Phi) is 3.58. The van der Waals surface area contributed by atoms with Crippen LogP contribution in [0, 0.1) is 12.8 Å². The van der Waals surface area contributed by atoms with Crippen molar-refractivity contribution >= 4 is 5.88 Å². The summed E-state index contributed by atoms with van der Waals surface area (Å²) in [6.45, 7) is 6.24. The highest BCUT2D eigenvalue weighted by atomic mass is 16.4. The lowest BCUT2D eigenvalue weighted by atomic mass is 10.0. The third kappa shape index (κ3) is 2.29. The van der Waals surface area contributed by atoms with Gasteiger partial charge in [-0.15, -0.1) is 0 Å². The molecule has 0 saturated carbocycles.